The summed E-state index contributed by atoms with van der Waals surface area (Å²) in [5.41, 5.74) is 0.154. The lowest BCUT2D eigenvalue weighted by atomic mass is 10.3. The number of rotatable bonds is 2. The van der Waals surface area contributed by atoms with Crippen LogP contribution in [-0.4, -0.2) is 15.4 Å². The van der Waals surface area contributed by atoms with Gasteiger partial charge < -0.3 is 5.11 Å². The fourth-order valence-corrected chi connectivity index (χ4v) is 1.22. The highest BCUT2D eigenvalue weighted by molar-refractivity contribution is 7.05. The Morgan fingerprint density at radius 1 is 1.90 bits per heavy atom. The van der Waals surface area contributed by atoms with E-state index in [0.717, 1.165) is 11.3 Å². The van der Waals surface area contributed by atoms with Gasteiger partial charge in [0, 0.05) is 4.88 Å². The van der Waals surface area contributed by atoms with Crippen LogP contribution in [0.1, 0.15) is 22.3 Å². The molecule has 1 N–H and O–H groups in total. The van der Waals surface area contributed by atoms with Gasteiger partial charge in [0.05, 0.1) is 0 Å². The molecular weight excluding hydrogens is 150 g/mol. The fourth-order valence-electron chi connectivity index (χ4n) is 0.580. The van der Waals surface area contributed by atoms with Gasteiger partial charge in [0.25, 0.3) is 0 Å². The van der Waals surface area contributed by atoms with Gasteiger partial charge in [-0.25, -0.2) is 4.79 Å². The Hall–Kier alpha value is -0.900. The second-order valence-electron chi connectivity index (χ2n) is 1.84. The number of carboxylic acids is 1. The van der Waals surface area contributed by atoms with Gasteiger partial charge in [-0.15, -0.1) is 0 Å². The van der Waals surface area contributed by atoms with E-state index in [4.69, 9.17) is 5.11 Å². The number of aryl methyl sites for hydroxylation is 1. The molecule has 1 rings (SSSR count). The average Bonchev–Trinajstić information content (AvgIpc) is 2.34. The summed E-state index contributed by atoms with van der Waals surface area (Å²) in [6.07, 6.45) is 0.852. The second-order valence-corrected chi connectivity index (χ2v) is 2.73. The van der Waals surface area contributed by atoms with E-state index >= 15 is 0 Å². The topological polar surface area (TPSA) is 50.2 Å². The van der Waals surface area contributed by atoms with Crippen molar-refractivity contribution in [3.63, 3.8) is 0 Å². The largest absolute Gasteiger partial charge is 0.476 e. The van der Waals surface area contributed by atoms with E-state index in [0.29, 0.717) is 0 Å². The zero-order valence-corrected chi connectivity index (χ0v) is 6.31. The Labute approximate surface area is 62.5 Å². The third-order valence-electron chi connectivity index (χ3n) is 1.13. The number of carbonyl (C=O) groups is 1. The number of hydrogen-bond donors (Lipinski definition) is 1. The van der Waals surface area contributed by atoms with E-state index in [-0.39, 0.29) is 5.69 Å². The smallest absolute Gasteiger partial charge is 0.355 e. The Morgan fingerprint density at radius 2 is 2.60 bits per heavy atom. The van der Waals surface area contributed by atoms with Crippen molar-refractivity contribution < 1.29 is 9.90 Å². The molecule has 10 heavy (non-hydrogen) atoms. The Kier molecular flexibility index (Phi) is 2.01. The first-order valence-electron chi connectivity index (χ1n) is 2.93. The zero-order valence-electron chi connectivity index (χ0n) is 5.50. The van der Waals surface area contributed by atoms with Crippen molar-refractivity contribution in [3.05, 3.63) is 16.6 Å². The van der Waals surface area contributed by atoms with Crippen molar-refractivity contribution in [1.82, 2.24) is 4.37 Å². The molecule has 3 nitrogen and oxygen atoms in total. The molecule has 0 aliphatic heterocycles. The summed E-state index contributed by atoms with van der Waals surface area (Å²) in [5, 5.41) is 8.44. The Balaban J connectivity index is 2.88. The first-order valence-corrected chi connectivity index (χ1v) is 3.70. The fraction of sp³-hybridized carbons (Fsp3) is 0.333. The molecule has 1 aromatic heterocycles. The van der Waals surface area contributed by atoms with Crippen LogP contribution in [0, 0.1) is 0 Å². The van der Waals surface area contributed by atoms with Crippen LogP contribution in [0.15, 0.2) is 6.07 Å². The van der Waals surface area contributed by atoms with Crippen molar-refractivity contribution >= 4 is 17.5 Å². The van der Waals surface area contributed by atoms with Crippen molar-refractivity contribution in [3.8, 4) is 0 Å². The normalized spacial score (nSPS) is 9.70. The van der Waals surface area contributed by atoms with E-state index in [1.54, 1.807) is 6.07 Å². The minimum Gasteiger partial charge on any atom is -0.476 e. The Bertz CT molecular complexity index is 244. The average molecular weight is 157 g/mol. The maximum absolute atomic E-state index is 10.3. The minimum atomic E-state index is -0.948. The molecule has 0 unspecified atom stereocenters. The molecule has 0 saturated carbocycles. The molecule has 0 aromatic carbocycles. The quantitative estimate of drug-likeness (QED) is 0.706. The molecule has 0 saturated heterocycles. The van der Waals surface area contributed by atoms with Crippen LogP contribution in [0.3, 0.4) is 0 Å². The third kappa shape index (κ3) is 1.33. The van der Waals surface area contributed by atoms with Crippen LogP contribution < -0.4 is 0 Å². The van der Waals surface area contributed by atoms with Crippen molar-refractivity contribution in [2.45, 2.75) is 13.3 Å². The van der Waals surface area contributed by atoms with E-state index in [9.17, 15) is 4.79 Å². The van der Waals surface area contributed by atoms with E-state index in [1.165, 1.54) is 11.5 Å². The highest BCUT2D eigenvalue weighted by Gasteiger charge is 2.06. The van der Waals surface area contributed by atoms with Crippen LogP contribution in [-0.2, 0) is 6.42 Å². The van der Waals surface area contributed by atoms with Crippen LogP contribution in [0.4, 0.5) is 0 Å². The highest BCUT2D eigenvalue weighted by Crippen LogP contribution is 2.09. The predicted molar refractivity (Wildman–Crippen MR) is 38.5 cm³/mol. The highest BCUT2D eigenvalue weighted by atomic mass is 32.1. The number of aromatic carboxylic acids is 1. The third-order valence-corrected chi connectivity index (χ3v) is 2.06. The van der Waals surface area contributed by atoms with Crippen LogP contribution >= 0.6 is 11.5 Å². The SMILES string of the molecule is CCc1cc(C(=O)O)ns1. The predicted octanol–water partition coefficient (Wildman–Crippen LogP) is 1.40. The lowest BCUT2D eigenvalue weighted by Gasteiger charge is -1.80. The van der Waals surface area contributed by atoms with E-state index in [1.807, 2.05) is 6.92 Å². The molecule has 0 bridgehead atoms. The van der Waals surface area contributed by atoms with Gasteiger partial charge in [0.2, 0.25) is 0 Å². The lowest BCUT2D eigenvalue weighted by molar-refractivity contribution is 0.0692. The molecule has 0 aliphatic rings. The van der Waals surface area contributed by atoms with Crippen LogP contribution in [0.5, 0.6) is 0 Å². The molecule has 4 heteroatoms. The molecule has 54 valence electrons. The molecule has 1 aromatic rings. The van der Waals surface area contributed by atoms with E-state index < -0.39 is 5.97 Å². The molecule has 0 amide bonds. The molecule has 0 atom stereocenters. The summed E-state index contributed by atoms with van der Waals surface area (Å²) in [4.78, 5) is 11.3. The van der Waals surface area contributed by atoms with Gasteiger partial charge in [-0.2, -0.15) is 4.37 Å². The molecule has 1 heterocycles. The summed E-state index contributed by atoms with van der Waals surface area (Å²) in [6.45, 7) is 1.97. The number of aromatic nitrogens is 1. The van der Waals surface area contributed by atoms with Crippen molar-refractivity contribution in [2.75, 3.05) is 0 Å². The van der Waals surface area contributed by atoms with Gasteiger partial charge in [-0.3, -0.25) is 0 Å². The summed E-state index contributed by atoms with van der Waals surface area (Å²) in [6, 6.07) is 1.60. The monoisotopic (exact) mass is 157 g/mol. The summed E-state index contributed by atoms with van der Waals surface area (Å²) >= 11 is 1.25. The second kappa shape index (κ2) is 2.79. The van der Waals surface area contributed by atoms with Gasteiger partial charge in [0.1, 0.15) is 0 Å². The summed E-state index contributed by atoms with van der Waals surface area (Å²) in [5.74, 6) is -0.948. The maximum Gasteiger partial charge on any atom is 0.355 e. The first kappa shape index (κ1) is 7.21. The minimum absolute atomic E-state index is 0.154. The van der Waals surface area contributed by atoms with Crippen molar-refractivity contribution in [2.24, 2.45) is 0 Å². The molecule has 0 spiro atoms. The zero-order chi connectivity index (χ0) is 7.56. The molecular formula is C6H7NO2S. The standard InChI is InChI=1S/C6H7NO2S/c1-2-4-3-5(6(8)9)7-10-4/h3H,2H2,1H3,(H,8,9). The lowest BCUT2D eigenvalue weighted by Crippen LogP contribution is -1.94. The number of carboxylic acid groups (broad SMARTS) is 1. The van der Waals surface area contributed by atoms with Gasteiger partial charge in [-0.05, 0) is 24.0 Å². The van der Waals surface area contributed by atoms with Gasteiger partial charge in [-0.1, -0.05) is 6.92 Å². The van der Waals surface area contributed by atoms with Crippen LogP contribution in [0.25, 0.3) is 0 Å². The molecule has 0 fully saturated rings. The number of hydrogen-bond acceptors (Lipinski definition) is 3. The van der Waals surface area contributed by atoms with Gasteiger partial charge in [0.15, 0.2) is 5.69 Å². The number of nitrogens with zero attached hydrogens (tertiary/aromatic N) is 1. The van der Waals surface area contributed by atoms with E-state index in [2.05, 4.69) is 4.37 Å². The van der Waals surface area contributed by atoms with Gasteiger partial charge >= 0.3 is 5.97 Å². The summed E-state index contributed by atoms with van der Waals surface area (Å²) in [7, 11) is 0. The Morgan fingerprint density at radius 3 is 2.90 bits per heavy atom. The maximum atomic E-state index is 10.3. The summed E-state index contributed by atoms with van der Waals surface area (Å²) < 4.78 is 3.73. The molecule has 0 radical (unpaired) electrons. The first-order chi connectivity index (χ1) is 4.74. The molecule has 0 aliphatic carbocycles. The van der Waals surface area contributed by atoms with Crippen LogP contribution in [0.2, 0.25) is 0 Å². The van der Waals surface area contributed by atoms with Crippen molar-refractivity contribution in [1.29, 1.82) is 0 Å².